The predicted octanol–water partition coefficient (Wildman–Crippen LogP) is 2.65. The largest absolute Gasteiger partial charge is 0.351 e. The third kappa shape index (κ3) is 3.89. The number of hydrogen-bond acceptors (Lipinski definition) is 3. The Morgan fingerprint density at radius 2 is 1.95 bits per heavy atom. The third-order valence-electron chi connectivity index (χ3n) is 2.53. The Bertz CT molecular complexity index is 599. The van der Waals surface area contributed by atoms with Gasteiger partial charge in [0.2, 0.25) is 5.91 Å². The molecule has 0 unspecified atom stereocenters. The van der Waals surface area contributed by atoms with Gasteiger partial charge in [0.1, 0.15) is 5.82 Å². The molecule has 1 aromatic heterocycles. The highest BCUT2D eigenvalue weighted by molar-refractivity contribution is 7.12. The van der Waals surface area contributed by atoms with Gasteiger partial charge >= 0.3 is 0 Å². The smallest absolute Gasteiger partial charge is 0.261 e. The van der Waals surface area contributed by atoms with Crippen LogP contribution in [0.4, 0.5) is 10.1 Å². The number of benzene rings is 1. The summed E-state index contributed by atoms with van der Waals surface area (Å²) in [5.41, 5.74) is 0.141. The normalized spacial score (nSPS) is 10.1. The number of carbonyl (C=O) groups excluding carboxylic acids is 2. The number of para-hydroxylation sites is 1. The molecule has 20 heavy (non-hydrogen) atoms. The van der Waals surface area contributed by atoms with Crippen molar-refractivity contribution >= 4 is 28.8 Å². The highest BCUT2D eigenvalue weighted by Crippen LogP contribution is 2.12. The zero-order valence-electron chi connectivity index (χ0n) is 10.6. The molecule has 104 valence electrons. The molecule has 0 fully saturated rings. The average molecular weight is 292 g/mol. The van der Waals surface area contributed by atoms with Gasteiger partial charge in [-0.1, -0.05) is 18.2 Å². The summed E-state index contributed by atoms with van der Waals surface area (Å²) in [6.07, 6.45) is 0.0887. The monoisotopic (exact) mass is 292 g/mol. The van der Waals surface area contributed by atoms with E-state index in [9.17, 15) is 14.0 Å². The van der Waals surface area contributed by atoms with Crippen LogP contribution >= 0.6 is 11.3 Å². The van der Waals surface area contributed by atoms with Crippen molar-refractivity contribution in [3.63, 3.8) is 0 Å². The molecule has 0 saturated heterocycles. The van der Waals surface area contributed by atoms with Gasteiger partial charge < -0.3 is 10.6 Å². The number of amides is 2. The maximum Gasteiger partial charge on any atom is 0.261 e. The fourth-order valence-corrected chi connectivity index (χ4v) is 2.20. The van der Waals surface area contributed by atoms with Crippen LogP contribution in [-0.4, -0.2) is 18.4 Å². The second-order valence-corrected chi connectivity index (χ2v) is 4.96. The van der Waals surface area contributed by atoms with Crippen LogP contribution in [0.1, 0.15) is 16.1 Å². The molecule has 1 aromatic carbocycles. The molecule has 2 amide bonds. The Morgan fingerprint density at radius 1 is 1.15 bits per heavy atom. The first kappa shape index (κ1) is 14.2. The Morgan fingerprint density at radius 3 is 2.65 bits per heavy atom. The molecule has 0 saturated carbocycles. The molecule has 0 atom stereocenters. The van der Waals surface area contributed by atoms with Crippen LogP contribution in [0.5, 0.6) is 0 Å². The molecule has 2 rings (SSSR count). The molecule has 1 heterocycles. The lowest BCUT2D eigenvalue weighted by Gasteiger charge is -2.06. The minimum atomic E-state index is -0.483. The Kier molecular flexibility index (Phi) is 4.84. The van der Waals surface area contributed by atoms with E-state index in [0.717, 1.165) is 0 Å². The van der Waals surface area contributed by atoms with Gasteiger partial charge in [-0.3, -0.25) is 9.59 Å². The van der Waals surface area contributed by atoms with Gasteiger partial charge in [0.05, 0.1) is 10.6 Å². The lowest BCUT2D eigenvalue weighted by molar-refractivity contribution is -0.116. The fourth-order valence-electron chi connectivity index (χ4n) is 1.56. The number of halogens is 1. The first-order chi connectivity index (χ1) is 9.66. The van der Waals surface area contributed by atoms with Gasteiger partial charge in [-0.25, -0.2) is 4.39 Å². The summed E-state index contributed by atoms with van der Waals surface area (Å²) in [4.78, 5) is 23.8. The average Bonchev–Trinajstić information content (AvgIpc) is 2.95. The Hall–Kier alpha value is -2.21. The van der Waals surface area contributed by atoms with E-state index in [1.54, 1.807) is 29.6 Å². The van der Waals surface area contributed by atoms with E-state index in [1.807, 2.05) is 0 Å². The van der Waals surface area contributed by atoms with Crippen LogP contribution in [0, 0.1) is 5.82 Å². The molecule has 0 bridgehead atoms. The SMILES string of the molecule is O=C(CCNC(=O)c1cccs1)Nc1ccccc1F. The van der Waals surface area contributed by atoms with Crippen molar-refractivity contribution in [2.45, 2.75) is 6.42 Å². The molecule has 0 radical (unpaired) electrons. The molecule has 0 aliphatic rings. The van der Waals surface area contributed by atoms with Gasteiger partial charge in [0, 0.05) is 13.0 Å². The third-order valence-corrected chi connectivity index (χ3v) is 3.40. The molecule has 6 heteroatoms. The van der Waals surface area contributed by atoms with E-state index in [4.69, 9.17) is 0 Å². The van der Waals surface area contributed by atoms with Crippen molar-refractivity contribution < 1.29 is 14.0 Å². The maximum atomic E-state index is 13.3. The molecule has 0 aliphatic heterocycles. The van der Waals surface area contributed by atoms with Crippen molar-refractivity contribution in [2.75, 3.05) is 11.9 Å². The summed E-state index contributed by atoms with van der Waals surface area (Å²) < 4.78 is 13.3. The lowest BCUT2D eigenvalue weighted by Crippen LogP contribution is -2.27. The number of rotatable bonds is 5. The number of carbonyl (C=O) groups is 2. The fraction of sp³-hybridized carbons (Fsp3) is 0.143. The highest BCUT2D eigenvalue weighted by Gasteiger charge is 2.08. The molecule has 4 nitrogen and oxygen atoms in total. The van der Waals surface area contributed by atoms with Gasteiger partial charge in [-0.15, -0.1) is 11.3 Å². The summed E-state index contributed by atoms with van der Waals surface area (Å²) >= 11 is 1.33. The van der Waals surface area contributed by atoms with Gasteiger partial charge in [-0.05, 0) is 23.6 Å². The van der Waals surface area contributed by atoms with Crippen LogP contribution in [0.2, 0.25) is 0 Å². The van der Waals surface area contributed by atoms with Crippen LogP contribution in [0.15, 0.2) is 41.8 Å². The standard InChI is InChI=1S/C14H13FN2O2S/c15-10-4-1-2-5-11(10)17-13(18)7-8-16-14(19)12-6-3-9-20-12/h1-6,9H,7-8H2,(H,16,19)(H,17,18). The van der Waals surface area contributed by atoms with Crippen molar-refractivity contribution in [1.29, 1.82) is 0 Å². The highest BCUT2D eigenvalue weighted by atomic mass is 32.1. The summed E-state index contributed by atoms with van der Waals surface area (Å²) in [6.45, 7) is 0.205. The van der Waals surface area contributed by atoms with Gasteiger partial charge in [0.15, 0.2) is 0 Å². The van der Waals surface area contributed by atoms with E-state index in [1.165, 1.54) is 23.5 Å². The number of thiophene rings is 1. The van der Waals surface area contributed by atoms with Crippen LogP contribution < -0.4 is 10.6 Å². The van der Waals surface area contributed by atoms with Crippen molar-refractivity contribution in [1.82, 2.24) is 5.32 Å². The van der Waals surface area contributed by atoms with Crippen molar-refractivity contribution in [3.05, 3.63) is 52.5 Å². The summed E-state index contributed by atoms with van der Waals surface area (Å²) in [5.74, 6) is -1.04. The molecular weight excluding hydrogens is 279 g/mol. The Balaban J connectivity index is 1.76. The van der Waals surface area contributed by atoms with Gasteiger partial charge in [0.25, 0.3) is 5.91 Å². The topological polar surface area (TPSA) is 58.2 Å². The van der Waals surface area contributed by atoms with E-state index in [0.29, 0.717) is 4.88 Å². The molecule has 2 aromatic rings. The molecule has 2 N–H and O–H groups in total. The zero-order chi connectivity index (χ0) is 14.4. The second-order valence-electron chi connectivity index (χ2n) is 4.01. The van der Waals surface area contributed by atoms with E-state index >= 15 is 0 Å². The minimum absolute atomic E-state index is 0.0887. The summed E-state index contributed by atoms with van der Waals surface area (Å²) in [6, 6.07) is 9.43. The first-order valence-corrected chi connectivity index (χ1v) is 6.91. The lowest BCUT2D eigenvalue weighted by atomic mass is 10.3. The van der Waals surface area contributed by atoms with E-state index in [2.05, 4.69) is 10.6 Å². The van der Waals surface area contributed by atoms with Gasteiger partial charge in [-0.2, -0.15) is 0 Å². The number of nitrogens with one attached hydrogen (secondary N) is 2. The number of anilines is 1. The first-order valence-electron chi connectivity index (χ1n) is 6.03. The van der Waals surface area contributed by atoms with E-state index in [-0.39, 0.29) is 30.5 Å². The predicted molar refractivity (Wildman–Crippen MR) is 76.3 cm³/mol. The minimum Gasteiger partial charge on any atom is -0.351 e. The van der Waals surface area contributed by atoms with E-state index < -0.39 is 5.82 Å². The van der Waals surface area contributed by atoms with Crippen molar-refractivity contribution in [3.8, 4) is 0 Å². The second kappa shape index (κ2) is 6.81. The van der Waals surface area contributed by atoms with Crippen LogP contribution in [0.3, 0.4) is 0 Å². The van der Waals surface area contributed by atoms with Crippen LogP contribution in [0.25, 0.3) is 0 Å². The quantitative estimate of drug-likeness (QED) is 0.890. The van der Waals surface area contributed by atoms with Crippen molar-refractivity contribution in [2.24, 2.45) is 0 Å². The zero-order valence-corrected chi connectivity index (χ0v) is 11.4. The van der Waals surface area contributed by atoms with Crippen LogP contribution in [-0.2, 0) is 4.79 Å². The Labute approximate surface area is 119 Å². The number of hydrogen-bond donors (Lipinski definition) is 2. The molecule has 0 aliphatic carbocycles. The molecule has 0 spiro atoms. The molecular formula is C14H13FN2O2S. The summed E-state index contributed by atoms with van der Waals surface area (Å²) in [5, 5.41) is 6.89. The summed E-state index contributed by atoms with van der Waals surface area (Å²) in [7, 11) is 0. The maximum absolute atomic E-state index is 13.3.